The fraction of sp³-hybridized carbons (Fsp3) is 0.0909. The number of rotatable bonds is 3. The summed E-state index contributed by atoms with van der Waals surface area (Å²) in [5, 5.41) is 5.87. The lowest BCUT2D eigenvalue weighted by molar-refractivity contribution is 0.0967. The zero-order chi connectivity index (χ0) is 18.4. The van der Waals surface area contributed by atoms with Crippen molar-refractivity contribution in [2.45, 2.75) is 6.54 Å². The van der Waals surface area contributed by atoms with Crippen molar-refractivity contribution < 1.29 is 9.53 Å². The Morgan fingerprint density at radius 3 is 2.74 bits per heavy atom. The Labute approximate surface area is 155 Å². The van der Waals surface area contributed by atoms with E-state index in [0.717, 1.165) is 49.9 Å². The minimum Gasteiger partial charge on any atom is -0.497 e. The summed E-state index contributed by atoms with van der Waals surface area (Å²) in [7, 11) is 1.66. The SMILES string of the molecule is COc1ccc(/C=C/c2cc3c(ccc4c5c(nc43)CNC5=O)c[nH]2)cc1. The molecular weight excluding hydrogens is 338 g/mol. The third kappa shape index (κ3) is 2.56. The lowest BCUT2D eigenvalue weighted by Crippen LogP contribution is -2.13. The number of amides is 1. The third-order valence-corrected chi connectivity index (χ3v) is 4.96. The van der Waals surface area contributed by atoms with E-state index < -0.39 is 0 Å². The van der Waals surface area contributed by atoms with Crippen LogP contribution in [0.25, 0.3) is 33.8 Å². The Morgan fingerprint density at radius 2 is 1.93 bits per heavy atom. The summed E-state index contributed by atoms with van der Waals surface area (Å²) in [5.41, 5.74) is 4.50. The number of carbonyl (C=O) groups excluding carboxylic acids is 1. The van der Waals surface area contributed by atoms with Gasteiger partial charge in [0.05, 0.1) is 30.4 Å². The van der Waals surface area contributed by atoms with Crippen LogP contribution in [0.1, 0.15) is 27.3 Å². The van der Waals surface area contributed by atoms with Crippen LogP contribution in [-0.4, -0.2) is 23.0 Å². The second-order valence-corrected chi connectivity index (χ2v) is 6.58. The number of fused-ring (bicyclic) bond motifs is 5. The molecule has 5 nitrogen and oxygen atoms in total. The first kappa shape index (κ1) is 15.6. The number of carbonyl (C=O) groups is 1. The Hall–Kier alpha value is -3.60. The molecule has 1 aliphatic heterocycles. The molecule has 0 aliphatic carbocycles. The largest absolute Gasteiger partial charge is 0.497 e. The van der Waals surface area contributed by atoms with Gasteiger partial charge < -0.3 is 15.0 Å². The first-order valence-corrected chi connectivity index (χ1v) is 8.77. The predicted octanol–water partition coefficient (Wildman–Crippen LogP) is 4.14. The van der Waals surface area contributed by atoms with Crippen LogP contribution in [0, 0.1) is 0 Å². The van der Waals surface area contributed by atoms with Crippen LogP contribution in [-0.2, 0) is 6.54 Å². The van der Waals surface area contributed by atoms with Crippen molar-refractivity contribution in [1.82, 2.24) is 15.3 Å². The van der Waals surface area contributed by atoms with Gasteiger partial charge in [0.25, 0.3) is 5.91 Å². The van der Waals surface area contributed by atoms with Crippen LogP contribution in [0.2, 0.25) is 0 Å². The number of pyridine rings is 1. The van der Waals surface area contributed by atoms with Gasteiger partial charge in [-0.2, -0.15) is 0 Å². The quantitative estimate of drug-likeness (QED) is 0.580. The van der Waals surface area contributed by atoms with Crippen molar-refractivity contribution in [2.75, 3.05) is 7.11 Å². The first-order valence-electron chi connectivity index (χ1n) is 8.77. The van der Waals surface area contributed by atoms with Crippen LogP contribution < -0.4 is 10.1 Å². The van der Waals surface area contributed by atoms with Crippen LogP contribution in [0.5, 0.6) is 5.75 Å². The molecular formula is C22H17N3O2. The summed E-state index contributed by atoms with van der Waals surface area (Å²) < 4.78 is 5.19. The lowest BCUT2D eigenvalue weighted by Gasteiger charge is -2.03. The predicted molar refractivity (Wildman–Crippen MR) is 107 cm³/mol. The minimum absolute atomic E-state index is 0.0334. The Kier molecular flexibility index (Phi) is 3.47. The summed E-state index contributed by atoms with van der Waals surface area (Å²) in [5.74, 6) is 0.806. The number of hydrogen-bond donors (Lipinski definition) is 2. The standard InChI is InChI=1S/C22H17N3O2/c1-27-16-7-3-13(4-8-16)2-6-15-10-18-14(11-23-15)5-9-17-20-19(25-21(17)18)12-24-22(20)26/h2-11,23H,12H2,1H3,(H,24,26)/b6-2+. The lowest BCUT2D eigenvalue weighted by atomic mass is 10.1. The van der Waals surface area contributed by atoms with Gasteiger partial charge in [-0.05, 0) is 35.2 Å². The average Bonchev–Trinajstić information content (AvgIpc) is 3.26. The summed E-state index contributed by atoms with van der Waals surface area (Å²) in [6, 6.07) is 14.0. The van der Waals surface area contributed by atoms with Crippen molar-refractivity contribution in [3.63, 3.8) is 0 Å². The van der Waals surface area contributed by atoms with Gasteiger partial charge in [0.1, 0.15) is 5.75 Å². The molecule has 1 amide bonds. The fourth-order valence-corrected chi connectivity index (χ4v) is 3.56. The van der Waals surface area contributed by atoms with Gasteiger partial charge >= 0.3 is 0 Å². The van der Waals surface area contributed by atoms with Gasteiger partial charge in [0, 0.05) is 22.7 Å². The molecule has 3 heterocycles. The van der Waals surface area contributed by atoms with Gasteiger partial charge in [0.15, 0.2) is 0 Å². The molecule has 0 atom stereocenters. The maximum absolute atomic E-state index is 12.1. The fourth-order valence-electron chi connectivity index (χ4n) is 3.56. The summed E-state index contributed by atoms with van der Waals surface area (Å²) in [6.07, 6.45) is 6.05. The molecule has 0 fully saturated rings. The Bertz CT molecular complexity index is 1220. The molecule has 5 rings (SSSR count). The molecule has 0 saturated carbocycles. The van der Waals surface area contributed by atoms with E-state index >= 15 is 0 Å². The summed E-state index contributed by atoms with van der Waals surface area (Å²) in [4.78, 5) is 20.1. The molecule has 0 radical (unpaired) electrons. The minimum atomic E-state index is -0.0334. The molecule has 0 unspecified atom stereocenters. The van der Waals surface area contributed by atoms with Crippen molar-refractivity contribution in [2.24, 2.45) is 0 Å². The summed E-state index contributed by atoms with van der Waals surface area (Å²) >= 11 is 0. The molecule has 2 aromatic heterocycles. The van der Waals surface area contributed by atoms with E-state index in [1.54, 1.807) is 7.11 Å². The number of benzene rings is 2. The van der Waals surface area contributed by atoms with E-state index in [4.69, 9.17) is 9.72 Å². The number of methoxy groups -OCH3 is 1. The number of H-pyrrole nitrogens is 1. The van der Waals surface area contributed by atoms with Gasteiger partial charge in [-0.1, -0.05) is 30.3 Å². The topological polar surface area (TPSA) is 67.0 Å². The van der Waals surface area contributed by atoms with Gasteiger partial charge in [-0.15, -0.1) is 0 Å². The van der Waals surface area contributed by atoms with Crippen LogP contribution in [0.3, 0.4) is 0 Å². The molecule has 0 bridgehead atoms. The first-order chi connectivity index (χ1) is 13.2. The maximum Gasteiger partial charge on any atom is 0.254 e. The van der Waals surface area contributed by atoms with Crippen molar-refractivity contribution in [1.29, 1.82) is 0 Å². The van der Waals surface area contributed by atoms with E-state index in [2.05, 4.69) is 16.4 Å². The molecule has 132 valence electrons. The van der Waals surface area contributed by atoms with Gasteiger partial charge in [-0.3, -0.25) is 4.79 Å². The van der Waals surface area contributed by atoms with Gasteiger partial charge in [0.2, 0.25) is 0 Å². The van der Waals surface area contributed by atoms with E-state index in [1.807, 2.05) is 54.7 Å². The molecule has 5 heteroatoms. The maximum atomic E-state index is 12.1. The number of aromatic amines is 1. The molecule has 0 spiro atoms. The van der Waals surface area contributed by atoms with Crippen molar-refractivity contribution in [3.8, 4) is 5.75 Å². The molecule has 2 aromatic carbocycles. The molecule has 2 N–H and O–H groups in total. The van der Waals surface area contributed by atoms with Crippen LogP contribution >= 0.6 is 0 Å². The molecule has 0 saturated heterocycles. The zero-order valence-electron chi connectivity index (χ0n) is 14.7. The number of nitrogens with one attached hydrogen (secondary N) is 2. The van der Waals surface area contributed by atoms with E-state index in [9.17, 15) is 4.79 Å². The van der Waals surface area contributed by atoms with E-state index in [1.165, 1.54) is 0 Å². The third-order valence-electron chi connectivity index (χ3n) is 4.96. The number of ether oxygens (including phenoxy) is 1. The highest BCUT2D eigenvalue weighted by Crippen LogP contribution is 2.31. The average molecular weight is 355 g/mol. The molecule has 1 aliphatic rings. The number of nitrogens with zero attached hydrogens (tertiary/aromatic N) is 1. The second-order valence-electron chi connectivity index (χ2n) is 6.58. The Balaban J connectivity index is 1.57. The highest BCUT2D eigenvalue weighted by molar-refractivity contribution is 6.16. The van der Waals surface area contributed by atoms with E-state index in [-0.39, 0.29) is 5.91 Å². The zero-order valence-corrected chi connectivity index (χ0v) is 14.7. The normalized spacial score (nSPS) is 13.4. The summed E-state index contributed by atoms with van der Waals surface area (Å²) in [6.45, 7) is 0.507. The number of hydrogen-bond acceptors (Lipinski definition) is 3. The highest BCUT2D eigenvalue weighted by Gasteiger charge is 2.25. The van der Waals surface area contributed by atoms with Gasteiger partial charge in [-0.25, -0.2) is 4.98 Å². The second kappa shape index (κ2) is 5.99. The monoisotopic (exact) mass is 355 g/mol. The smallest absolute Gasteiger partial charge is 0.254 e. The van der Waals surface area contributed by atoms with Crippen molar-refractivity contribution in [3.05, 3.63) is 71.2 Å². The van der Waals surface area contributed by atoms with Crippen LogP contribution in [0.4, 0.5) is 0 Å². The molecule has 4 aromatic rings. The van der Waals surface area contributed by atoms with E-state index in [0.29, 0.717) is 6.54 Å². The highest BCUT2D eigenvalue weighted by atomic mass is 16.5. The van der Waals surface area contributed by atoms with Crippen LogP contribution in [0.15, 0.2) is 48.7 Å². The Morgan fingerprint density at radius 1 is 1.07 bits per heavy atom. The molecule has 27 heavy (non-hydrogen) atoms. The number of aromatic nitrogens is 2. The van der Waals surface area contributed by atoms with Crippen molar-refractivity contribution >= 4 is 39.7 Å².